The van der Waals surface area contributed by atoms with Crippen LogP contribution in [0.5, 0.6) is 0 Å². The molecule has 1 heterocycles. The van der Waals surface area contributed by atoms with Crippen LogP contribution in [0.4, 0.5) is 5.69 Å². The first-order valence-electron chi connectivity index (χ1n) is 9.92. The van der Waals surface area contributed by atoms with Crippen molar-refractivity contribution in [3.8, 4) is 0 Å². The van der Waals surface area contributed by atoms with Gasteiger partial charge in [-0.05, 0) is 41.5 Å². The Bertz CT molecular complexity index is 1300. The van der Waals surface area contributed by atoms with E-state index in [2.05, 4.69) is 15.0 Å². The van der Waals surface area contributed by atoms with Crippen LogP contribution < -0.4 is 10.0 Å². The van der Waals surface area contributed by atoms with Gasteiger partial charge in [-0.15, -0.1) is 0 Å². The maximum atomic E-state index is 12.9. The first kappa shape index (κ1) is 20.8. The van der Waals surface area contributed by atoms with Crippen molar-refractivity contribution in [2.24, 2.45) is 0 Å². The Morgan fingerprint density at radius 1 is 0.935 bits per heavy atom. The average Bonchev–Trinajstić information content (AvgIpc) is 3.19. The first-order valence-corrected chi connectivity index (χ1v) is 11.4. The number of sulfonamides is 1. The van der Waals surface area contributed by atoms with E-state index in [1.54, 1.807) is 12.1 Å². The van der Waals surface area contributed by atoms with Crippen LogP contribution in [0.2, 0.25) is 0 Å². The number of benzene rings is 3. The van der Waals surface area contributed by atoms with Crippen LogP contribution in [0.15, 0.2) is 90.0 Å². The molecule has 0 fully saturated rings. The Hall–Kier alpha value is -3.42. The zero-order chi connectivity index (χ0) is 21.8. The molecule has 4 rings (SSSR count). The molecule has 0 saturated heterocycles. The number of amides is 1. The molecule has 31 heavy (non-hydrogen) atoms. The summed E-state index contributed by atoms with van der Waals surface area (Å²) in [6, 6.07) is 23.9. The molecule has 0 radical (unpaired) electrons. The minimum atomic E-state index is -3.73. The molecule has 3 aromatic carbocycles. The van der Waals surface area contributed by atoms with E-state index >= 15 is 0 Å². The molecule has 0 spiro atoms. The number of para-hydroxylation sites is 1. The number of fused-ring (bicyclic) bond motifs is 1. The molecule has 0 aliphatic rings. The van der Waals surface area contributed by atoms with Crippen molar-refractivity contribution in [1.29, 1.82) is 0 Å². The second kappa shape index (κ2) is 8.75. The van der Waals surface area contributed by atoms with Gasteiger partial charge in [0, 0.05) is 42.2 Å². The summed E-state index contributed by atoms with van der Waals surface area (Å²) in [4.78, 5) is 14.6. The Kier molecular flexibility index (Phi) is 5.88. The Morgan fingerprint density at radius 3 is 2.32 bits per heavy atom. The average molecular weight is 434 g/mol. The number of carbonyl (C=O) groups excluding carboxylic acids is 1. The Morgan fingerprint density at radius 2 is 1.61 bits per heavy atom. The predicted octanol–water partition coefficient (Wildman–Crippen LogP) is 4.24. The standard InChI is InChI=1S/C24H23N3O3S/c1-17(28)27-19-11-13-20(14-12-19)31(29,30)26-16-22(18-7-3-2-4-8-18)23-15-25-24-10-6-5-9-21(23)24/h2-15,22,25-26H,16H2,1H3,(H,27,28)/t22-/m0/s1. The van der Waals surface area contributed by atoms with Crippen molar-refractivity contribution in [2.45, 2.75) is 17.7 Å². The lowest BCUT2D eigenvalue weighted by Gasteiger charge is -2.18. The van der Waals surface area contributed by atoms with Gasteiger partial charge in [0.15, 0.2) is 0 Å². The molecule has 1 aromatic heterocycles. The van der Waals surface area contributed by atoms with Crippen LogP contribution in [0.3, 0.4) is 0 Å². The molecule has 3 N–H and O–H groups in total. The number of aromatic amines is 1. The third-order valence-corrected chi connectivity index (χ3v) is 6.60. The van der Waals surface area contributed by atoms with Crippen molar-refractivity contribution in [2.75, 3.05) is 11.9 Å². The van der Waals surface area contributed by atoms with Gasteiger partial charge in [0.1, 0.15) is 0 Å². The van der Waals surface area contributed by atoms with E-state index in [0.717, 1.165) is 22.0 Å². The molecular formula is C24H23N3O3S. The lowest BCUT2D eigenvalue weighted by atomic mass is 9.91. The number of H-pyrrole nitrogens is 1. The zero-order valence-electron chi connectivity index (χ0n) is 17.0. The molecule has 0 bridgehead atoms. The molecule has 0 aliphatic carbocycles. The molecule has 0 saturated carbocycles. The number of carbonyl (C=O) groups is 1. The van der Waals surface area contributed by atoms with E-state index in [1.165, 1.54) is 19.1 Å². The van der Waals surface area contributed by atoms with Crippen LogP contribution >= 0.6 is 0 Å². The van der Waals surface area contributed by atoms with Crippen LogP contribution in [0.1, 0.15) is 24.0 Å². The first-order chi connectivity index (χ1) is 14.9. The highest BCUT2D eigenvalue weighted by Crippen LogP contribution is 2.30. The number of nitrogens with one attached hydrogen (secondary N) is 3. The fraction of sp³-hybridized carbons (Fsp3) is 0.125. The highest BCUT2D eigenvalue weighted by molar-refractivity contribution is 7.89. The molecule has 0 aliphatic heterocycles. The van der Waals surface area contributed by atoms with Crippen molar-refractivity contribution in [3.63, 3.8) is 0 Å². The van der Waals surface area contributed by atoms with Gasteiger partial charge in [-0.1, -0.05) is 48.5 Å². The third kappa shape index (κ3) is 4.68. The van der Waals surface area contributed by atoms with Gasteiger partial charge in [-0.2, -0.15) is 0 Å². The number of hydrogen-bond donors (Lipinski definition) is 3. The molecule has 0 unspecified atom stereocenters. The maximum Gasteiger partial charge on any atom is 0.240 e. The summed E-state index contributed by atoms with van der Waals surface area (Å²) in [5.74, 6) is -0.371. The maximum absolute atomic E-state index is 12.9. The predicted molar refractivity (Wildman–Crippen MR) is 123 cm³/mol. The topological polar surface area (TPSA) is 91.1 Å². The SMILES string of the molecule is CC(=O)Nc1ccc(S(=O)(=O)NC[C@@H](c2ccccc2)c2c[nH]c3ccccc23)cc1. The highest BCUT2D eigenvalue weighted by atomic mass is 32.2. The van der Waals surface area contributed by atoms with Gasteiger partial charge in [-0.25, -0.2) is 13.1 Å². The number of rotatable bonds is 7. The quantitative estimate of drug-likeness (QED) is 0.407. The lowest BCUT2D eigenvalue weighted by Crippen LogP contribution is -2.29. The van der Waals surface area contributed by atoms with E-state index in [-0.39, 0.29) is 23.3 Å². The van der Waals surface area contributed by atoms with Crippen LogP contribution in [-0.2, 0) is 14.8 Å². The van der Waals surface area contributed by atoms with Gasteiger partial charge in [-0.3, -0.25) is 4.79 Å². The summed E-state index contributed by atoms with van der Waals surface area (Å²) in [5.41, 5.74) is 3.61. The van der Waals surface area contributed by atoms with E-state index in [9.17, 15) is 13.2 Å². The Labute approximate surface area is 181 Å². The van der Waals surface area contributed by atoms with E-state index in [4.69, 9.17) is 0 Å². The number of aromatic nitrogens is 1. The van der Waals surface area contributed by atoms with Gasteiger partial charge in [0.25, 0.3) is 0 Å². The minimum Gasteiger partial charge on any atom is -0.361 e. The zero-order valence-corrected chi connectivity index (χ0v) is 17.8. The van der Waals surface area contributed by atoms with Crippen molar-refractivity contribution in [1.82, 2.24) is 9.71 Å². The van der Waals surface area contributed by atoms with Crippen molar-refractivity contribution >= 4 is 32.5 Å². The largest absolute Gasteiger partial charge is 0.361 e. The Balaban J connectivity index is 1.61. The summed E-state index contributed by atoms with van der Waals surface area (Å²) >= 11 is 0. The monoisotopic (exact) mass is 433 g/mol. The number of hydrogen-bond acceptors (Lipinski definition) is 3. The summed E-state index contributed by atoms with van der Waals surface area (Å²) < 4.78 is 28.6. The van der Waals surface area contributed by atoms with Crippen LogP contribution in [0, 0.1) is 0 Å². The van der Waals surface area contributed by atoms with Gasteiger partial charge in [0.2, 0.25) is 15.9 Å². The molecule has 6 nitrogen and oxygen atoms in total. The van der Waals surface area contributed by atoms with Crippen molar-refractivity contribution in [3.05, 3.63) is 96.2 Å². The molecular weight excluding hydrogens is 410 g/mol. The number of anilines is 1. The second-order valence-electron chi connectivity index (χ2n) is 7.31. The summed E-state index contributed by atoms with van der Waals surface area (Å²) in [6.45, 7) is 1.61. The summed E-state index contributed by atoms with van der Waals surface area (Å²) in [7, 11) is -3.73. The lowest BCUT2D eigenvalue weighted by molar-refractivity contribution is -0.114. The van der Waals surface area contributed by atoms with E-state index < -0.39 is 10.0 Å². The van der Waals surface area contributed by atoms with Gasteiger partial charge >= 0.3 is 0 Å². The van der Waals surface area contributed by atoms with Crippen LogP contribution in [-0.4, -0.2) is 25.9 Å². The molecule has 158 valence electrons. The fourth-order valence-corrected chi connectivity index (χ4v) is 4.72. The minimum absolute atomic E-state index is 0.146. The van der Waals surface area contributed by atoms with Crippen LogP contribution in [0.25, 0.3) is 10.9 Å². The van der Waals surface area contributed by atoms with Crippen molar-refractivity contribution < 1.29 is 13.2 Å². The molecule has 4 aromatic rings. The van der Waals surface area contributed by atoms with E-state index in [0.29, 0.717) is 5.69 Å². The third-order valence-electron chi connectivity index (χ3n) is 5.16. The van der Waals surface area contributed by atoms with Gasteiger partial charge < -0.3 is 10.3 Å². The highest BCUT2D eigenvalue weighted by Gasteiger charge is 2.22. The van der Waals surface area contributed by atoms with E-state index in [1.807, 2.05) is 60.8 Å². The molecule has 1 atom stereocenters. The summed E-state index contributed by atoms with van der Waals surface area (Å²) in [6.07, 6.45) is 1.94. The normalized spacial score (nSPS) is 12.5. The smallest absolute Gasteiger partial charge is 0.240 e. The molecule has 7 heteroatoms. The van der Waals surface area contributed by atoms with Gasteiger partial charge in [0.05, 0.1) is 4.90 Å². The summed E-state index contributed by atoms with van der Waals surface area (Å²) in [5, 5.41) is 3.70. The molecule has 1 amide bonds. The fourth-order valence-electron chi connectivity index (χ4n) is 3.67. The second-order valence-corrected chi connectivity index (χ2v) is 9.08.